The third-order valence-electron chi connectivity index (χ3n) is 3.07. The van der Waals surface area contributed by atoms with Crippen LogP contribution in [-0.4, -0.2) is 30.3 Å². The highest BCUT2D eigenvalue weighted by molar-refractivity contribution is 7.09. The average molecular weight is 302 g/mol. The highest BCUT2D eigenvalue weighted by Gasteiger charge is 2.11. The second-order valence-electron chi connectivity index (χ2n) is 4.81. The normalized spacial score (nSPS) is 10.2. The Balaban J connectivity index is 1.93. The second-order valence-corrected chi connectivity index (χ2v) is 5.85. The predicted octanol–water partition coefficient (Wildman–Crippen LogP) is 3.02. The molecule has 0 atom stereocenters. The Morgan fingerprint density at radius 1 is 1.19 bits per heavy atom. The lowest BCUT2D eigenvalue weighted by molar-refractivity contribution is -0.114. The zero-order valence-electron chi connectivity index (χ0n) is 12.1. The minimum Gasteiger partial charge on any atom is -0.341 e. The molecule has 0 radical (unpaired) electrons. The summed E-state index contributed by atoms with van der Waals surface area (Å²) in [5.74, 6) is -0.136. The highest BCUT2D eigenvalue weighted by atomic mass is 32.1. The van der Waals surface area contributed by atoms with Crippen LogP contribution < -0.4 is 5.32 Å². The van der Waals surface area contributed by atoms with Gasteiger partial charge in [-0.1, -0.05) is 6.07 Å². The Labute approximate surface area is 128 Å². The number of hydrogen-bond donors (Lipinski definition) is 1. The lowest BCUT2D eigenvalue weighted by Gasteiger charge is -2.17. The quantitative estimate of drug-likeness (QED) is 0.923. The van der Waals surface area contributed by atoms with Gasteiger partial charge in [-0.15, -0.1) is 11.3 Å². The maximum atomic E-state index is 12.3. The summed E-state index contributed by atoms with van der Waals surface area (Å²) in [5, 5.41) is 4.72. The summed E-state index contributed by atoms with van der Waals surface area (Å²) in [6.45, 7) is 2.14. The van der Waals surface area contributed by atoms with Gasteiger partial charge in [0.05, 0.1) is 0 Å². The monoisotopic (exact) mass is 302 g/mol. The molecule has 0 aliphatic heterocycles. The van der Waals surface area contributed by atoms with Crippen LogP contribution in [0.25, 0.3) is 0 Å². The minimum atomic E-state index is -0.123. The minimum absolute atomic E-state index is 0.0130. The third kappa shape index (κ3) is 4.43. The zero-order chi connectivity index (χ0) is 15.2. The largest absolute Gasteiger partial charge is 0.341 e. The van der Waals surface area contributed by atoms with Gasteiger partial charge in [-0.3, -0.25) is 9.59 Å². The van der Waals surface area contributed by atoms with Crippen molar-refractivity contribution in [3.05, 3.63) is 52.2 Å². The van der Waals surface area contributed by atoms with Crippen molar-refractivity contribution >= 4 is 28.8 Å². The molecule has 5 heteroatoms. The fourth-order valence-electron chi connectivity index (χ4n) is 1.95. The Morgan fingerprint density at radius 3 is 2.48 bits per heavy atom. The molecule has 0 saturated carbocycles. The van der Waals surface area contributed by atoms with E-state index in [2.05, 4.69) is 11.4 Å². The van der Waals surface area contributed by atoms with Crippen LogP contribution in [0.5, 0.6) is 0 Å². The van der Waals surface area contributed by atoms with Gasteiger partial charge in [0.15, 0.2) is 0 Å². The summed E-state index contributed by atoms with van der Waals surface area (Å²) in [6, 6.07) is 11.0. The molecule has 1 aromatic heterocycles. The van der Waals surface area contributed by atoms with Gasteiger partial charge in [-0.25, -0.2) is 0 Å². The van der Waals surface area contributed by atoms with Crippen molar-refractivity contribution in [2.45, 2.75) is 13.3 Å². The first-order chi connectivity index (χ1) is 10.1. The van der Waals surface area contributed by atoms with Crippen LogP contribution in [0.1, 0.15) is 22.2 Å². The van der Waals surface area contributed by atoms with Crippen LogP contribution >= 0.6 is 11.3 Å². The van der Waals surface area contributed by atoms with Crippen molar-refractivity contribution in [2.24, 2.45) is 0 Å². The topological polar surface area (TPSA) is 49.4 Å². The Kier molecular flexibility index (Phi) is 5.11. The summed E-state index contributed by atoms with van der Waals surface area (Å²) >= 11 is 1.70. The maximum absolute atomic E-state index is 12.3. The van der Waals surface area contributed by atoms with E-state index in [9.17, 15) is 9.59 Å². The van der Waals surface area contributed by atoms with E-state index in [-0.39, 0.29) is 11.8 Å². The van der Waals surface area contributed by atoms with Crippen LogP contribution in [0.15, 0.2) is 41.8 Å². The van der Waals surface area contributed by atoms with Crippen molar-refractivity contribution in [1.29, 1.82) is 0 Å². The van der Waals surface area contributed by atoms with Crippen molar-refractivity contribution in [2.75, 3.05) is 18.9 Å². The number of nitrogens with zero attached hydrogens (tertiary/aromatic N) is 1. The molecule has 0 saturated heterocycles. The number of likely N-dealkylation sites (N-methyl/N-ethyl adjacent to an activating group) is 1. The molecule has 0 spiro atoms. The number of rotatable bonds is 5. The van der Waals surface area contributed by atoms with Gasteiger partial charge < -0.3 is 10.2 Å². The molecule has 110 valence electrons. The molecule has 0 fully saturated rings. The first-order valence-electron chi connectivity index (χ1n) is 6.72. The first-order valence-corrected chi connectivity index (χ1v) is 7.60. The number of thiophene rings is 1. The molecule has 2 amide bonds. The molecule has 1 N–H and O–H groups in total. The van der Waals surface area contributed by atoms with Crippen LogP contribution in [-0.2, 0) is 11.2 Å². The molecule has 0 aliphatic rings. The summed E-state index contributed by atoms with van der Waals surface area (Å²) in [6.07, 6.45) is 0.865. The number of anilines is 1. The lowest BCUT2D eigenvalue weighted by Crippen LogP contribution is -2.28. The van der Waals surface area contributed by atoms with E-state index in [0.29, 0.717) is 17.8 Å². The molecule has 0 aliphatic carbocycles. The molecule has 4 nitrogen and oxygen atoms in total. The van der Waals surface area contributed by atoms with Crippen LogP contribution in [0.3, 0.4) is 0 Å². The number of benzene rings is 1. The summed E-state index contributed by atoms with van der Waals surface area (Å²) < 4.78 is 0. The van der Waals surface area contributed by atoms with Crippen molar-refractivity contribution in [1.82, 2.24) is 4.90 Å². The van der Waals surface area contributed by atoms with E-state index in [1.54, 1.807) is 47.5 Å². The van der Waals surface area contributed by atoms with E-state index >= 15 is 0 Å². The number of carbonyl (C=O) groups is 2. The van der Waals surface area contributed by atoms with Gasteiger partial charge in [0.25, 0.3) is 5.91 Å². The predicted molar refractivity (Wildman–Crippen MR) is 85.7 cm³/mol. The second kappa shape index (κ2) is 7.04. The summed E-state index contributed by atoms with van der Waals surface area (Å²) in [5.41, 5.74) is 1.32. The van der Waals surface area contributed by atoms with Gasteiger partial charge >= 0.3 is 0 Å². The third-order valence-corrected chi connectivity index (χ3v) is 4.01. The molecule has 0 unspecified atom stereocenters. The van der Waals surface area contributed by atoms with Gasteiger partial charge in [-0.2, -0.15) is 0 Å². The van der Waals surface area contributed by atoms with E-state index < -0.39 is 0 Å². The van der Waals surface area contributed by atoms with E-state index in [4.69, 9.17) is 0 Å². The van der Waals surface area contributed by atoms with Crippen molar-refractivity contribution < 1.29 is 9.59 Å². The fraction of sp³-hybridized carbons (Fsp3) is 0.250. The molecular weight excluding hydrogens is 284 g/mol. The van der Waals surface area contributed by atoms with Crippen LogP contribution in [0.2, 0.25) is 0 Å². The molecule has 2 rings (SSSR count). The van der Waals surface area contributed by atoms with Gasteiger partial charge in [-0.05, 0) is 42.1 Å². The Morgan fingerprint density at radius 2 is 1.90 bits per heavy atom. The van der Waals surface area contributed by atoms with Crippen LogP contribution in [0.4, 0.5) is 5.69 Å². The number of nitrogens with one attached hydrogen (secondary N) is 1. The molecular formula is C16H18N2O2S. The number of carbonyl (C=O) groups excluding carboxylic acids is 2. The van der Waals surface area contributed by atoms with E-state index in [1.807, 2.05) is 11.4 Å². The fourth-order valence-corrected chi connectivity index (χ4v) is 2.65. The number of hydrogen-bond acceptors (Lipinski definition) is 3. The first kappa shape index (κ1) is 15.3. The Bertz CT molecular complexity index is 606. The van der Waals surface area contributed by atoms with E-state index in [0.717, 1.165) is 6.42 Å². The molecule has 1 aromatic carbocycles. The van der Waals surface area contributed by atoms with Gasteiger partial charge in [0.1, 0.15) is 0 Å². The SMILES string of the molecule is CC(=O)Nc1ccc(C(=O)N(C)CCc2cccs2)cc1. The van der Waals surface area contributed by atoms with Crippen LogP contribution in [0, 0.1) is 0 Å². The standard InChI is InChI=1S/C16H18N2O2S/c1-12(19)17-14-7-5-13(6-8-14)16(20)18(2)10-9-15-4-3-11-21-15/h3-8,11H,9-10H2,1-2H3,(H,17,19). The number of amides is 2. The van der Waals surface area contributed by atoms with Gasteiger partial charge in [0, 0.05) is 36.6 Å². The summed E-state index contributed by atoms with van der Waals surface area (Å²) in [7, 11) is 1.80. The molecule has 21 heavy (non-hydrogen) atoms. The molecule has 2 aromatic rings. The average Bonchev–Trinajstić information content (AvgIpc) is 2.97. The smallest absolute Gasteiger partial charge is 0.253 e. The summed E-state index contributed by atoms with van der Waals surface area (Å²) in [4.78, 5) is 26.2. The van der Waals surface area contributed by atoms with Gasteiger partial charge in [0.2, 0.25) is 5.91 Å². The molecule has 0 bridgehead atoms. The van der Waals surface area contributed by atoms with Crippen molar-refractivity contribution in [3.63, 3.8) is 0 Å². The maximum Gasteiger partial charge on any atom is 0.253 e. The van der Waals surface area contributed by atoms with E-state index in [1.165, 1.54) is 11.8 Å². The molecule has 1 heterocycles. The highest BCUT2D eigenvalue weighted by Crippen LogP contribution is 2.13. The zero-order valence-corrected chi connectivity index (χ0v) is 12.9. The van der Waals surface area contributed by atoms with Crippen molar-refractivity contribution in [3.8, 4) is 0 Å². The Hall–Kier alpha value is -2.14. The lowest BCUT2D eigenvalue weighted by atomic mass is 10.1.